The number of hydrogen-bond acceptors (Lipinski definition) is 5. The van der Waals surface area contributed by atoms with Crippen LogP contribution in [0.15, 0.2) is 9.59 Å². The van der Waals surface area contributed by atoms with Crippen LogP contribution in [-0.4, -0.2) is 25.1 Å². The summed E-state index contributed by atoms with van der Waals surface area (Å²) in [5.41, 5.74) is -0.167. The van der Waals surface area contributed by atoms with Crippen LogP contribution in [0.1, 0.15) is 52.3 Å². The third-order valence-electron chi connectivity index (χ3n) is 4.90. The predicted molar refractivity (Wildman–Crippen MR) is 96.9 cm³/mol. The molecule has 26 heavy (non-hydrogen) atoms. The first kappa shape index (κ1) is 18.4. The van der Waals surface area contributed by atoms with Gasteiger partial charge in [-0.15, -0.1) is 0 Å². The van der Waals surface area contributed by atoms with Gasteiger partial charge in [0.15, 0.2) is 11.2 Å². The molecular formula is C18H26N4O4. The molecule has 2 aromatic rings. The van der Waals surface area contributed by atoms with Gasteiger partial charge >= 0.3 is 11.7 Å². The summed E-state index contributed by atoms with van der Waals surface area (Å²) in [5.74, 6) is 0.638. The Labute approximate surface area is 151 Å². The van der Waals surface area contributed by atoms with Crippen molar-refractivity contribution in [2.24, 2.45) is 11.8 Å². The smallest absolute Gasteiger partial charge is 0.330 e. The molecule has 0 bridgehead atoms. The molecule has 1 fully saturated rings. The van der Waals surface area contributed by atoms with Gasteiger partial charge in [-0.05, 0) is 25.2 Å². The number of nitrogens with zero attached hydrogens (tertiary/aromatic N) is 3. The van der Waals surface area contributed by atoms with E-state index in [1.165, 1.54) is 4.57 Å². The fourth-order valence-electron chi connectivity index (χ4n) is 3.21. The van der Waals surface area contributed by atoms with Gasteiger partial charge in [-0.2, -0.15) is 0 Å². The molecule has 1 N–H and O–H groups in total. The lowest BCUT2D eigenvalue weighted by molar-refractivity contribution is -0.147. The number of unbranched alkanes of at least 4 members (excludes halogenated alkanes) is 1. The van der Waals surface area contributed by atoms with Crippen LogP contribution in [0.4, 0.5) is 0 Å². The maximum Gasteiger partial charge on any atom is 0.330 e. The maximum atomic E-state index is 12.4. The number of rotatable bonds is 8. The van der Waals surface area contributed by atoms with Crippen LogP contribution in [0.3, 0.4) is 0 Å². The number of aromatic nitrogens is 4. The third kappa shape index (κ3) is 3.45. The maximum absolute atomic E-state index is 12.4. The molecular weight excluding hydrogens is 336 g/mol. The Balaban J connectivity index is 2.00. The van der Waals surface area contributed by atoms with Crippen LogP contribution in [0.2, 0.25) is 0 Å². The van der Waals surface area contributed by atoms with E-state index < -0.39 is 11.2 Å². The molecule has 2 atom stereocenters. The van der Waals surface area contributed by atoms with Gasteiger partial charge in [-0.1, -0.05) is 27.2 Å². The minimum Gasteiger partial charge on any atom is -0.457 e. The van der Waals surface area contributed by atoms with Crippen molar-refractivity contribution < 1.29 is 9.53 Å². The molecule has 0 spiro atoms. The number of carbonyl (C=O) groups excluding carboxylic acids is 1. The Kier molecular flexibility index (Phi) is 5.29. The van der Waals surface area contributed by atoms with E-state index in [0.717, 1.165) is 25.7 Å². The highest BCUT2D eigenvalue weighted by Crippen LogP contribution is 2.38. The van der Waals surface area contributed by atoms with Crippen molar-refractivity contribution in [1.82, 2.24) is 19.1 Å². The Morgan fingerprint density at radius 3 is 2.58 bits per heavy atom. The highest BCUT2D eigenvalue weighted by molar-refractivity contribution is 5.75. The number of fused-ring (bicyclic) bond motifs is 1. The van der Waals surface area contributed by atoms with Gasteiger partial charge in [0.2, 0.25) is 0 Å². The Morgan fingerprint density at radius 1 is 1.23 bits per heavy atom. The van der Waals surface area contributed by atoms with Crippen LogP contribution in [-0.2, 0) is 29.2 Å². The average Bonchev–Trinajstić information content (AvgIpc) is 3.22. The second-order valence-corrected chi connectivity index (χ2v) is 7.04. The molecule has 0 radical (unpaired) electrons. The number of aromatic amines is 1. The molecule has 0 aliphatic heterocycles. The van der Waals surface area contributed by atoms with Gasteiger partial charge in [0.1, 0.15) is 12.4 Å². The molecule has 1 aliphatic rings. The molecule has 0 aromatic carbocycles. The molecule has 1 saturated carbocycles. The van der Waals surface area contributed by atoms with Gasteiger partial charge < -0.3 is 9.30 Å². The van der Waals surface area contributed by atoms with Crippen LogP contribution in [0.25, 0.3) is 11.2 Å². The molecule has 8 heteroatoms. The lowest BCUT2D eigenvalue weighted by atomic mass is 10.3. The van der Waals surface area contributed by atoms with Gasteiger partial charge in [0.05, 0.1) is 5.92 Å². The first-order valence-corrected chi connectivity index (χ1v) is 9.36. The van der Waals surface area contributed by atoms with Gasteiger partial charge in [-0.25, -0.2) is 9.78 Å². The fraction of sp³-hybridized carbons (Fsp3) is 0.667. The van der Waals surface area contributed by atoms with E-state index in [9.17, 15) is 14.4 Å². The van der Waals surface area contributed by atoms with Gasteiger partial charge in [0, 0.05) is 13.1 Å². The number of hydrogen-bond donors (Lipinski definition) is 1. The summed E-state index contributed by atoms with van der Waals surface area (Å²) in [6.07, 6.45) is 3.39. The zero-order chi connectivity index (χ0) is 18.8. The Hall–Kier alpha value is -2.38. The number of esters is 1. The van der Waals surface area contributed by atoms with Crippen LogP contribution in [0.5, 0.6) is 0 Å². The van der Waals surface area contributed by atoms with Crippen molar-refractivity contribution in [3.63, 3.8) is 0 Å². The van der Waals surface area contributed by atoms with Crippen LogP contribution in [0, 0.1) is 11.8 Å². The summed E-state index contributed by atoms with van der Waals surface area (Å²) in [6, 6.07) is 0. The summed E-state index contributed by atoms with van der Waals surface area (Å²) < 4.78 is 8.67. The van der Waals surface area contributed by atoms with E-state index in [-0.39, 0.29) is 18.5 Å². The van der Waals surface area contributed by atoms with Crippen molar-refractivity contribution in [3.05, 3.63) is 26.7 Å². The predicted octanol–water partition coefficient (Wildman–Crippen LogP) is 1.80. The Bertz CT molecular complexity index is 924. The van der Waals surface area contributed by atoms with E-state index in [4.69, 9.17) is 4.74 Å². The molecule has 2 heterocycles. The molecule has 0 saturated heterocycles. The monoisotopic (exact) mass is 362 g/mol. The van der Waals surface area contributed by atoms with E-state index >= 15 is 0 Å². The minimum absolute atomic E-state index is 0.0120. The molecule has 142 valence electrons. The number of aryl methyl sites for hydroxylation is 2. The number of carbonyl (C=O) groups is 1. The number of imidazole rings is 1. The summed E-state index contributed by atoms with van der Waals surface area (Å²) >= 11 is 0. The standard InChI is InChI=1S/C18H26N4O4/c1-4-6-8-22-15-14(16(23)20-18(22)25)21(7-5-2)13(19-15)10-26-17(24)12-9-11(12)3/h11-12H,4-10H2,1-3H3,(H,20,23,25)/t11-,12+/m1/s1. The van der Waals surface area contributed by atoms with Crippen molar-refractivity contribution >= 4 is 17.1 Å². The first-order valence-electron chi connectivity index (χ1n) is 9.36. The summed E-state index contributed by atoms with van der Waals surface area (Å²) in [6.45, 7) is 7.12. The summed E-state index contributed by atoms with van der Waals surface area (Å²) in [4.78, 5) is 43.5. The van der Waals surface area contributed by atoms with Gasteiger partial charge in [0.25, 0.3) is 5.56 Å². The quantitative estimate of drug-likeness (QED) is 0.722. The highest BCUT2D eigenvalue weighted by Gasteiger charge is 2.40. The first-order chi connectivity index (χ1) is 12.5. The largest absolute Gasteiger partial charge is 0.457 e. The van der Waals surface area contributed by atoms with E-state index in [1.54, 1.807) is 4.57 Å². The second-order valence-electron chi connectivity index (χ2n) is 7.04. The molecule has 8 nitrogen and oxygen atoms in total. The lowest BCUT2D eigenvalue weighted by Gasteiger charge is -2.08. The van der Waals surface area contributed by atoms with Crippen LogP contribution < -0.4 is 11.2 Å². The van der Waals surface area contributed by atoms with E-state index in [1.807, 2.05) is 20.8 Å². The zero-order valence-electron chi connectivity index (χ0n) is 15.6. The second kappa shape index (κ2) is 7.47. The number of ether oxygens (including phenoxy) is 1. The number of nitrogens with one attached hydrogen (secondary N) is 1. The van der Waals surface area contributed by atoms with E-state index in [0.29, 0.717) is 36.0 Å². The zero-order valence-corrected chi connectivity index (χ0v) is 15.6. The fourth-order valence-corrected chi connectivity index (χ4v) is 3.21. The van der Waals surface area contributed by atoms with Crippen molar-refractivity contribution in [2.75, 3.05) is 0 Å². The van der Waals surface area contributed by atoms with Crippen molar-refractivity contribution in [3.8, 4) is 0 Å². The molecule has 3 rings (SSSR count). The molecule has 1 aliphatic carbocycles. The normalized spacial score (nSPS) is 19.0. The van der Waals surface area contributed by atoms with Gasteiger partial charge in [-0.3, -0.25) is 19.1 Å². The molecule has 0 unspecified atom stereocenters. The van der Waals surface area contributed by atoms with Crippen molar-refractivity contribution in [1.29, 1.82) is 0 Å². The lowest BCUT2D eigenvalue weighted by Crippen LogP contribution is -2.31. The summed E-state index contributed by atoms with van der Waals surface area (Å²) in [7, 11) is 0. The molecule has 0 amide bonds. The van der Waals surface area contributed by atoms with Crippen molar-refractivity contribution in [2.45, 2.75) is 66.2 Å². The third-order valence-corrected chi connectivity index (χ3v) is 4.90. The highest BCUT2D eigenvalue weighted by atomic mass is 16.5. The topological polar surface area (TPSA) is 99.0 Å². The summed E-state index contributed by atoms with van der Waals surface area (Å²) in [5, 5.41) is 0. The van der Waals surface area contributed by atoms with E-state index in [2.05, 4.69) is 9.97 Å². The average molecular weight is 362 g/mol. The minimum atomic E-state index is -0.452. The SMILES string of the molecule is CCCCn1c(=O)[nH]c(=O)c2c1nc(COC(=O)[C@H]1C[C@H]1C)n2CCC. The Morgan fingerprint density at radius 2 is 1.96 bits per heavy atom. The van der Waals surface area contributed by atoms with Crippen LogP contribution >= 0.6 is 0 Å². The number of H-pyrrole nitrogens is 1. The molecule has 2 aromatic heterocycles.